The quantitative estimate of drug-likeness (QED) is 0.755. The van der Waals surface area contributed by atoms with Gasteiger partial charge < -0.3 is 9.84 Å². The molecule has 19 heavy (non-hydrogen) atoms. The Bertz CT molecular complexity index is 412. The lowest BCUT2D eigenvalue weighted by Gasteiger charge is -2.15. The van der Waals surface area contributed by atoms with Gasteiger partial charge in [0.25, 0.3) is 0 Å². The molecule has 0 amide bonds. The molecule has 0 heterocycles. The van der Waals surface area contributed by atoms with Gasteiger partial charge in [0, 0.05) is 6.04 Å². The second kappa shape index (κ2) is 6.57. The number of carboxylic acid groups (broad SMARTS) is 1. The molecule has 1 aliphatic carbocycles. The Hall–Kier alpha value is -1.55. The standard InChI is InChI=1S/C15H21NO3/c1-2-3-11-4-8-13(9-5-11)19-10-14(15(17)18)16-12-6-7-12/h4-5,8-9,12,14,16H,2-3,6-7,10H2,1H3,(H,17,18). The molecule has 1 aliphatic rings. The van der Waals surface area contributed by atoms with Crippen molar-refractivity contribution < 1.29 is 14.6 Å². The van der Waals surface area contributed by atoms with Crippen LogP contribution in [0.1, 0.15) is 31.7 Å². The molecule has 2 N–H and O–H groups in total. The number of rotatable bonds is 8. The van der Waals surface area contributed by atoms with E-state index in [-0.39, 0.29) is 6.61 Å². The topological polar surface area (TPSA) is 58.6 Å². The van der Waals surface area contributed by atoms with E-state index in [9.17, 15) is 4.79 Å². The van der Waals surface area contributed by atoms with Crippen molar-refractivity contribution in [3.05, 3.63) is 29.8 Å². The highest BCUT2D eigenvalue weighted by Gasteiger charge is 2.28. The van der Waals surface area contributed by atoms with Crippen LogP contribution in [-0.4, -0.2) is 29.8 Å². The smallest absolute Gasteiger partial charge is 0.324 e. The van der Waals surface area contributed by atoms with Crippen molar-refractivity contribution in [2.75, 3.05) is 6.61 Å². The normalized spacial score (nSPS) is 16.1. The number of carboxylic acids is 1. The molecule has 1 saturated carbocycles. The lowest BCUT2D eigenvalue weighted by molar-refractivity contribution is -0.140. The Morgan fingerprint density at radius 3 is 2.63 bits per heavy atom. The lowest BCUT2D eigenvalue weighted by atomic mass is 10.1. The Morgan fingerprint density at radius 1 is 1.42 bits per heavy atom. The molecule has 1 fully saturated rings. The zero-order chi connectivity index (χ0) is 13.7. The van der Waals surface area contributed by atoms with Gasteiger partial charge in [-0.25, -0.2) is 0 Å². The third-order valence-corrected chi connectivity index (χ3v) is 3.19. The zero-order valence-corrected chi connectivity index (χ0v) is 11.3. The van der Waals surface area contributed by atoms with Gasteiger partial charge in [-0.3, -0.25) is 10.1 Å². The van der Waals surface area contributed by atoms with Gasteiger partial charge in [-0.15, -0.1) is 0 Å². The van der Waals surface area contributed by atoms with E-state index in [1.54, 1.807) is 0 Å². The summed E-state index contributed by atoms with van der Waals surface area (Å²) >= 11 is 0. The highest BCUT2D eigenvalue weighted by molar-refractivity contribution is 5.73. The molecule has 0 aromatic heterocycles. The fourth-order valence-electron chi connectivity index (χ4n) is 1.95. The number of carbonyl (C=O) groups is 1. The van der Waals surface area contributed by atoms with Crippen molar-refractivity contribution in [3.63, 3.8) is 0 Å². The van der Waals surface area contributed by atoms with Gasteiger partial charge in [0.15, 0.2) is 0 Å². The van der Waals surface area contributed by atoms with Crippen LogP contribution in [0.25, 0.3) is 0 Å². The summed E-state index contributed by atoms with van der Waals surface area (Å²) in [4.78, 5) is 11.1. The fourth-order valence-corrected chi connectivity index (χ4v) is 1.95. The van der Waals surface area contributed by atoms with E-state index in [2.05, 4.69) is 12.2 Å². The fraction of sp³-hybridized carbons (Fsp3) is 0.533. The van der Waals surface area contributed by atoms with Gasteiger partial charge in [-0.2, -0.15) is 0 Å². The van der Waals surface area contributed by atoms with Crippen LogP contribution in [0.2, 0.25) is 0 Å². The molecule has 0 spiro atoms. The molecule has 0 radical (unpaired) electrons. The second-order valence-electron chi connectivity index (χ2n) is 5.04. The van der Waals surface area contributed by atoms with Crippen LogP contribution in [0.3, 0.4) is 0 Å². The summed E-state index contributed by atoms with van der Waals surface area (Å²) in [6, 6.07) is 7.60. The summed E-state index contributed by atoms with van der Waals surface area (Å²) < 4.78 is 5.55. The first-order valence-corrected chi connectivity index (χ1v) is 6.89. The number of nitrogens with one attached hydrogen (secondary N) is 1. The molecule has 4 heteroatoms. The summed E-state index contributed by atoms with van der Waals surface area (Å²) in [6.45, 7) is 2.31. The molecule has 1 atom stereocenters. The molecule has 0 bridgehead atoms. The number of hydrogen-bond acceptors (Lipinski definition) is 3. The van der Waals surface area contributed by atoms with Crippen LogP contribution >= 0.6 is 0 Å². The third kappa shape index (κ3) is 4.56. The predicted octanol–water partition coefficient (Wildman–Crippen LogP) is 2.22. The van der Waals surface area contributed by atoms with E-state index in [0.29, 0.717) is 6.04 Å². The number of aliphatic carboxylic acids is 1. The van der Waals surface area contributed by atoms with Crippen LogP contribution in [-0.2, 0) is 11.2 Å². The highest BCUT2D eigenvalue weighted by Crippen LogP contribution is 2.20. The molecule has 1 aromatic rings. The zero-order valence-electron chi connectivity index (χ0n) is 11.3. The minimum absolute atomic E-state index is 0.166. The Balaban J connectivity index is 1.83. The number of ether oxygens (including phenoxy) is 1. The summed E-state index contributed by atoms with van der Waals surface area (Å²) in [5.74, 6) is -0.127. The van der Waals surface area contributed by atoms with Crippen molar-refractivity contribution in [2.45, 2.75) is 44.7 Å². The van der Waals surface area contributed by atoms with Gasteiger partial charge in [0.2, 0.25) is 0 Å². The van der Waals surface area contributed by atoms with Gasteiger partial charge in [0.05, 0.1) is 0 Å². The molecule has 0 saturated heterocycles. The SMILES string of the molecule is CCCc1ccc(OCC(NC2CC2)C(=O)O)cc1. The van der Waals surface area contributed by atoms with Crippen molar-refractivity contribution in [1.29, 1.82) is 0 Å². The van der Waals surface area contributed by atoms with Crippen LogP contribution in [0, 0.1) is 0 Å². The Kier molecular flexibility index (Phi) is 4.80. The minimum atomic E-state index is -0.852. The number of benzene rings is 1. The summed E-state index contributed by atoms with van der Waals surface area (Å²) in [5, 5.41) is 12.2. The molecule has 0 aliphatic heterocycles. The average molecular weight is 263 g/mol. The first-order chi connectivity index (χ1) is 9.19. The van der Waals surface area contributed by atoms with Crippen LogP contribution < -0.4 is 10.1 Å². The molecule has 1 unspecified atom stereocenters. The molecule has 104 valence electrons. The van der Waals surface area contributed by atoms with Gasteiger partial charge in [-0.05, 0) is 37.0 Å². The van der Waals surface area contributed by atoms with E-state index < -0.39 is 12.0 Å². The summed E-state index contributed by atoms with van der Waals surface area (Å²) in [5.41, 5.74) is 1.28. The van der Waals surface area contributed by atoms with Crippen LogP contribution in [0.15, 0.2) is 24.3 Å². The lowest BCUT2D eigenvalue weighted by Crippen LogP contribution is -2.42. The van der Waals surface area contributed by atoms with Crippen LogP contribution in [0.5, 0.6) is 5.75 Å². The summed E-state index contributed by atoms with van der Waals surface area (Å²) in [7, 11) is 0. The molecular weight excluding hydrogens is 242 g/mol. The van der Waals surface area contributed by atoms with Gasteiger partial charge >= 0.3 is 5.97 Å². The Morgan fingerprint density at radius 2 is 2.11 bits per heavy atom. The van der Waals surface area contributed by atoms with Crippen molar-refractivity contribution in [2.24, 2.45) is 0 Å². The molecule has 1 aromatic carbocycles. The van der Waals surface area contributed by atoms with Gasteiger partial charge in [-0.1, -0.05) is 25.5 Å². The van der Waals surface area contributed by atoms with Crippen molar-refractivity contribution in [3.8, 4) is 5.75 Å². The third-order valence-electron chi connectivity index (χ3n) is 3.19. The minimum Gasteiger partial charge on any atom is -0.491 e. The van der Waals surface area contributed by atoms with E-state index in [0.717, 1.165) is 31.4 Å². The highest BCUT2D eigenvalue weighted by atomic mass is 16.5. The van der Waals surface area contributed by atoms with Crippen molar-refractivity contribution in [1.82, 2.24) is 5.32 Å². The van der Waals surface area contributed by atoms with E-state index in [1.165, 1.54) is 5.56 Å². The maximum atomic E-state index is 11.1. The van der Waals surface area contributed by atoms with E-state index in [1.807, 2.05) is 24.3 Å². The van der Waals surface area contributed by atoms with Crippen molar-refractivity contribution >= 4 is 5.97 Å². The number of aryl methyl sites for hydroxylation is 1. The second-order valence-corrected chi connectivity index (χ2v) is 5.04. The molecular formula is C15H21NO3. The maximum absolute atomic E-state index is 11.1. The first kappa shape index (κ1) is 13.9. The first-order valence-electron chi connectivity index (χ1n) is 6.89. The predicted molar refractivity (Wildman–Crippen MR) is 73.5 cm³/mol. The monoisotopic (exact) mass is 263 g/mol. The van der Waals surface area contributed by atoms with Crippen LogP contribution in [0.4, 0.5) is 0 Å². The molecule has 2 rings (SSSR count). The summed E-state index contributed by atoms with van der Waals surface area (Å²) in [6.07, 6.45) is 4.30. The maximum Gasteiger partial charge on any atom is 0.324 e. The average Bonchev–Trinajstić information content (AvgIpc) is 3.20. The molecule has 4 nitrogen and oxygen atoms in total. The van der Waals surface area contributed by atoms with E-state index >= 15 is 0 Å². The number of hydrogen-bond donors (Lipinski definition) is 2. The van der Waals surface area contributed by atoms with E-state index in [4.69, 9.17) is 9.84 Å². The Labute approximate surface area is 113 Å². The largest absolute Gasteiger partial charge is 0.491 e. The van der Waals surface area contributed by atoms with Gasteiger partial charge in [0.1, 0.15) is 18.4 Å².